The molecule has 772 valence electrons. The predicted molar refractivity (Wildman–Crippen MR) is 528 cm³/mol. The van der Waals surface area contributed by atoms with Gasteiger partial charge in [0.05, 0.1) is 31.7 Å². The number of carbonyl (C=O) groups excluding carboxylic acids is 18. The average Bonchev–Trinajstić information content (AvgIpc) is 1.77. The van der Waals surface area contributed by atoms with Crippen LogP contribution in [-0.4, -0.2) is 276 Å². The number of thioether (sulfide) groups is 1. The molecule has 0 fully saturated rings. The molecule has 6 aromatic rings. The highest BCUT2D eigenvalue weighted by molar-refractivity contribution is 7.98. The summed E-state index contributed by atoms with van der Waals surface area (Å²) in [5.41, 5.74) is 31.9. The van der Waals surface area contributed by atoms with E-state index in [9.17, 15) is 102 Å². The van der Waals surface area contributed by atoms with Gasteiger partial charge in [0.2, 0.25) is 106 Å². The molecule has 142 heavy (non-hydrogen) atoms. The van der Waals surface area contributed by atoms with Crippen LogP contribution in [-0.2, 0) is 126 Å². The molecule has 2 aromatic heterocycles. The van der Waals surface area contributed by atoms with E-state index < -0.39 is 289 Å². The Bertz CT molecular complexity index is 5420. The van der Waals surface area contributed by atoms with E-state index >= 15 is 14.4 Å². The molecule has 0 aliphatic rings. The Balaban J connectivity index is 1.25. The lowest BCUT2D eigenvalue weighted by atomic mass is 9.96. The summed E-state index contributed by atoms with van der Waals surface area (Å²) in [6, 6.07) is 3.24. The van der Waals surface area contributed by atoms with Gasteiger partial charge in [0.15, 0.2) is 0 Å². The summed E-state index contributed by atoms with van der Waals surface area (Å²) in [4.78, 5) is 297. The van der Waals surface area contributed by atoms with E-state index in [1.54, 1.807) is 149 Å². The van der Waals surface area contributed by atoms with Crippen LogP contribution in [0.15, 0.2) is 122 Å². The van der Waals surface area contributed by atoms with E-state index in [-0.39, 0.29) is 70.1 Å². The maximum atomic E-state index is 15.3. The van der Waals surface area contributed by atoms with Gasteiger partial charge in [0.25, 0.3) is 0 Å². The van der Waals surface area contributed by atoms with Gasteiger partial charge in [0.1, 0.15) is 90.6 Å². The second-order valence-corrected chi connectivity index (χ2v) is 36.2. The fourth-order valence-electron chi connectivity index (χ4n) is 14.8. The van der Waals surface area contributed by atoms with E-state index in [1.165, 1.54) is 24.9 Å². The van der Waals surface area contributed by atoms with E-state index in [4.69, 9.17) is 28.7 Å². The molecule has 0 aliphatic carbocycles. The van der Waals surface area contributed by atoms with E-state index in [2.05, 4.69) is 115 Å². The molecule has 0 bridgehead atoms. The number of thiol groups is 2. The molecule has 4 aromatic carbocycles. The number of rotatable bonds is 63. The summed E-state index contributed by atoms with van der Waals surface area (Å²) in [6.07, 6.45) is -1.35. The standard InChI is InChI=1S/C93H128N22O24S3/c1-7-48(4)77(115-89(134)66(105-78(123)56(95)39-75(119)120)38-53-44-100-58-27-17-15-25-55(53)58)92(137)114-71(46-141)91(136)111-68(41-74(98)118)87(132)106-62(34-47(2)3)82(127)107-63(35-50-20-10-8-11-21-50)83(128)102-59(28-18-19-32-94)80(125)110-67(40-73(97)117)86(131)103-60(29-30-72(96)116)81(126)109-65(37-52-43-99-57-26-16-14-24-54(52)57)85(130)108-64(36-51-22-12-9-13-23-51)84(129)113-70(45-140)90(135)112-69(42-76(121)122)88(133)104-61(31-33-142-6)79(124)101-49(5)93(138)139/h8-17,20-27,43-44,47-49,56,59-71,77,99-100,140-141H,7,18-19,28-42,45-46,94-95H2,1-6H3,(H2,96,116)(H2,97,117)(H2,98,118)(H,101,124)(H,102,128)(H,103,131)(H,104,133)(H,105,123)(H,106,132)(H,107,127)(H,108,130)(H,109,126)(H,110,125)(H,111,136)(H,112,135)(H,113,129)(H,114,137)(H,115,134)(H,119,120)(H,121,122)(H,138,139)/t48-,49-,56-,59-,60-,61-,62-,63-,64-,65-,66-,67-,68-,69-,70-,71-,77-/m0/s1. The summed E-state index contributed by atoms with van der Waals surface area (Å²) < 4.78 is 0. The van der Waals surface area contributed by atoms with Gasteiger partial charge in [-0.1, -0.05) is 131 Å². The first kappa shape index (κ1) is 117. The van der Waals surface area contributed by atoms with Gasteiger partial charge < -0.3 is 134 Å². The van der Waals surface area contributed by atoms with Crippen LogP contribution in [0.2, 0.25) is 0 Å². The Kier molecular flexibility index (Phi) is 48.2. The topological polar surface area (TPSA) is 761 Å². The van der Waals surface area contributed by atoms with Crippen molar-refractivity contribution in [2.75, 3.05) is 30.1 Å². The van der Waals surface area contributed by atoms with Gasteiger partial charge in [-0.15, -0.1) is 0 Å². The number of unbranched alkanes of at least 4 members (excludes halogenated alkanes) is 1. The van der Waals surface area contributed by atoms with Crippen molar-refractivity contribution in [3.63, 3.8) is 0 Å². The van der Waals surface area contributed by atoms with Gasteiger partial charge in [0, 0.05) is 77.8 Å². The molecule has 0 unspecified atom stereocenters. The van der Waals surface area contributed by atoms with E-state index in [0.717, 1.165) is 0 Å². The maximum absolute atomic E-state index is 15.3. The van der Waals surface area contributed by atoms with Crippen LogP contribution >= 0.6 is 37.0 Å². The number of primary amides is 3. The highest BCUT2D eigenvalue weighted by Crippen LogP contribution is 2.24. The van der Waals surface area contributed by atoms with E-state index in [1.807, 2.05) is 0 Å². The van der Waals surface area contributed by atoms with Gasteiger partial charge >= 0.3 is 17.9 Å². The third kappa shape index (κ3) is 38.4. The van der Waals surface area contributed by atoms with Crippen molar-refractivity contribution in [3.05, 3.63) is 144 Å². The minimum atomic E-state index is -2.02. The Morgan fingerprint density at radius 1 is 0.366 bits per heavy atom. The van der Waals surface area contributed by atoms with Crippen LogP contribution in [0.25, 0.3) is 21.8 Å². The number of carboxylic acid groups (broad SMARTS) is 3. The van der Waals surface area contributed by atoms with Crippen molar-refractivity contribution in [3.8, 4) is 0 Å². The number of hydrogen-bond donors (Lipinski definition) is 27. The first-order valence-electron chi connectivity index (χ1n) is 45.8. The first-order chi connectivity index (χ1) is 67.4. The lowest BCUT2D eigenvalue weighted by molar-refractivity contribution is -0.143. The van der Waals surface area contributed by atoms with Crippen molar-refractivity contribution >= 4 is 183 Å². The third-order valence-corrected chi connectivity index (χ3v) is 24.1. The monoisotopic (exact) mass is 2030 g/mol. The first-order valence-corrected chi connectivity index (χ1v) is 48.4. The number of aromatic nitrogens is 2. The number of nitrogens with one attached hydrogen (secondary N) is 17. The zero-order chi connectivity index (χ0) is 105. The number of H-pyrrole nitrogens is 2. The highest BCUT2D eigenvalue weighted by Gasteiger charge is 2.41. The Morgan fingerprint density at radius 2 is 0.704 bits per heavy atom. The second kappa shape index (κ2) is 58.8. The molecule has 0 spiro atoms. The molecule has 30 N–H and O–H groups in total. The van der Waals surface area contributed by atoms with Crippen molar-refractivity contribution in [2.24, 2.45) is 40.5 Å². The molecule has 49 heteroatoms. The zero-order valence-corrected chi connectivity index (χ0v) is 81.8. The predicted octanol–water partition coefficient (Wildman–Crippen LogP) is -3.58. The van der Waals surface area contributed by atoms with Crippen LogP contribution in [0.4, 0.5) is 0 Å². The highest BCUT2D eigenvalue weighted by atomic mass is 32.2. The van der Waals surface area contributed by atoms with Crippen molar-refractivity contribution in [1.29, 1.82) is 0 Å². The van der Waals surface area contributed by atoms with Gasteiger partial charge in [-0.2, -0.15) is 37.0 Å². The fourth-order valence-corrected chi connectivity index (χ4v) is 15.8. The van der Waals surface area contributed by atoms with Gasteiger partial charge in [-0.05, 0) is 110 Å². The van der Waals surface area contributed by atoms with Crippen LogP contribution in [0.1, 0.15) is 134 Å². The van der Waals surface area contributed by atoms with Crippen LogP contribution in [0.3, 0.4) is 0 Å². The number of para-hydroxylation sites is 2. The fraction of sp³-hybridized carbons (Fsp3) is 0.473. The van der Waals surface area contributed by atoms with E-state index in [0.29, 0.717) is 44.1 Å². The Morgan fingerprint density at radius 3 is 1.11 bits per heavy atom. The number of amides is 18. The SMILES string of the molecule is CC[C@H](C)[C@H](NC(=O)[C@H](Cc1c[nH]c2ccccc12)NC(=O)[C@@H](N)CC(=O)O)C(=O)N[C@@H](CS)C(=O)N[C@@H](CC(N)=O)C(=O)N[C@@H](CC(C)C)C(=O)N[C@@H](Cc1ccccc1)C(=O)N[C@@H](CCCCN)C(=O)N[C@@H](CC(N)=O)C(=O)N[C@@H](CCC(N)=O)C(=O)N[C@@H](Cc1c[nH]c2ccccc12)C(=O)N[C@@H](Cc1ccccc1)C(=O)N[C@@H](CS)C(=O)N[C@@H](CC(=O)O)C(=O)N[C@@H](CCSC)C(=O)N[C@@H](C)C(=O)O. The lowest BCUT2D eigenvalue weighted by Gasteiger charge is -2.29. The number of nitrogens with two attached hydrogens (primary N) is 5. The number of fused-ring (bicyclic) bond motifs is 2. The molecule has 18 amide bonds. The molecule has 17 atom stereocenters. The number of carboxylic acids is 3. The quantitative estimate of drug-likeness (QED) is 0.0130. The summed E-state index contributed by atoms with van der Waals surface area (Å²) in [7, 11) is 0. The third-order valence-electron chi connectivity index (χ3n) is 22.7. The number of carbonyl (C=O) groups is 21. The zero-order valence-electron chi connectivity index (χ0n) is 79.2. The molecule has 0 saturated heterocycles. The van der Waals surface area contributed by atoms with Gasteiger partial charge in [-0.3, -0.25) is 101 Å². The normalized spacial score (nSPS) is 14.8. The van der Waals surface area contributed by atoms with Crippen LogP contribution < -0.4 is 108 Å². The number of aromatic amines is 2. The largest absolute Gasteiger partial charge is 0.481 e. The summed E-state index contributed by atoms with van der Waals surface area (Å²) in [5.74, 6) is -25.9. The molecule has 0 radical (unpaired) electrons. The minimum absolute atomic E-state index is 0.0630. The lowest BCUT2D eigenvalue weighted by Crippen LogP contribution is -2.62. The molecule has 2 heterocycles. The smallest absolute Gasteiger partial charge is 0.325 e. The summed E-state index contributed by atoms with van der Waals surface area (Å²) in [6.45, 7) is 7.88. The Hall–Kier alpha value is -14.2. The number of benzene rings is 4. The number of aliphatic carboxylic acids is 3. The molecule has 6 rings (SSSR count). The van der Waals surface area contributed by atoms with Crippen LogP contribution in [0.5, 0.6) is 0 Å². The average molecular weight is 2030 g/mol. The van der Waals surface area contributed by atoms with Crippen molar-refractivity contribution < 1.29 is 116 Å². The maximum Gasteiger partial charge on any atom is 0.325 e. The molecule has 46 nitrogen and oxygen atoms in total. The molecular weight excluding hydrogens is 1910 g/mol. The summed E-state index contributed by atoms with van der Waals surface area (Å²) >= 11 is 9.84. The van der Waals surface area contributed by atoms with Crippen LogP contribution in [0, 0.1) is 11.8 Å². The molecule has 0 aliphatic heterocycles. The Labute approximate surface area is 832 Å². The van der Waals surface area contributed by atoms with Gasteiger partial charge in [-0.25, -0.2) is 0 Å². The molecule has 0 saturated carbocycles. The second-order valence-electron chi connectivity index (χ2n) is 34.5. The van der Waals surface area contributed by atoms with Crippen molar-refractivity contribution in [2.45, 2.75) is 234 Å². The molecular formula is C93H128N22O24S3. The van der Waals surface area contributed by atoms with Crippen molar-refractivity contribution in [1.82, 2.24) is 89.7 Å². The number of hydrogen-bond acceptors (Lipinski definition) is 26. The summed E-state index contributed by atoms with van der Waals surface area (Å²) in [5, 5.41) is 67.2. The minimum Gasteiger partial charge on any atom is -0.481 e.